The van der Waals surface area contributed by atoms with Gasteiger partial charge in [0.2, 0.25) is 0 Å². The zero-order chi connectivity index (χ0) is 16.4. The third kappa shape index (κ3) is 2.05. The fourth-order valence-corrected chi connectivity index (χ4v) is 7.63. The molecule has 4 aliphatic carbocycles. The quantitative estimate of drug-likeness (QED) is 0.696. The monoisotopic (exact) mass is 316 g/mol. The summed E-state index contributed by atoms with van der Waals surface area (Å²) < 4.78 is 0. The van der Waals surface area contributed by atoms with E-state index in [9.17, 15) is 9.59 Å². The normalized spacial score (nSPS) is 52.7. The van der Waals surface area contributed by atoms with Gasteiger partial charge in [0.25, 0.3) is 0 Å². The van der Waals surface area contributed by atoms with Crippen LogP contribution in [0.15, 0.2) is 0 Å². The summed E-state index contributed by atoms with van der Waals surface area (Å²) in [5.74, 6) is 4.09. The SMILES string of the molecule is CC[C@H]1C(=O)C[C@H]2[C@@H]3CCC4CC(=O)CC[C@]4(C)[C@H]3CC[C@]12C. The molecule has 23 heavy (non-hydrogen) atoms. The van der Waals surface area contributed by atoms with Crippen molar-refractivity contribution >= 4 is 11.6 Å². The third-order valence-electron chi connectivity index (χ3n) is 8.93. The average Bonchev–Trinajstić information content (AvgIpc) is 2.77. The molecule has 7 atom stereocenters. The standard InChI is InChI=1S/C21H32O2/c1-4-16-19(23)12-18-15-6-5-13-11-14(22)7-9-20(13,2)17(15)8-10-21(16,18)3/h13,15-18H,4-12H2,1-3H3/t13?,15-,16+,17+,18+,20+,21-/m1/s1. The number of rotatable bonds is 1. The van der Waals surface area contributed by atoms with Gasteiger partial charge in [-0.1, -0.05) is 20.8 Å². The predicted molar refractivity (Wildman–Crippen MR) is 90.9 cm³/mol. The molecule has 128 valence electrons. The van der Waals surface area contributed by atoms with Gasteiger partial charge in [0.15, 0.2) is 0 Å². The first kappa shape index (κ1) is 15.8. The number of ketones is 2. The molecule has 2 nitrogen and oxygen atoms in total. The molecule has 0 aromatic carbocycles. The Kier molecular flexibility index (Phi) is 3.56. The number of carbonyl (C=O) groups is 2. The van der Waals surface area contributed by atoms with Crippen molar-refractivity contribution in [3.63, 3.8) is 0 Å². The number of fused-ring (bicyclic) bond motifs is 5. The number of hydrogen-bond acceptors (Lipinski definition) is 2. The first-order chi connectivity index (χ1) is 10.9. The van der Waals surface area contributed by atoms with E-state index in [-0.39, 0.29) is 5.41 Å². The van der Waals surface area contributed by atoms with Crippen molar-refractivity contribution in [2.24, 2.45) is 40.4 Å². The van der Waals surface area contributed by atoms with Crippen molar-refractivity contribution in [3.05, 3.63) is 0 Å². The largest absolute Gasteiger partial charge is 0.300 e. The summed E-state index contributed by atoms with van der Waals surface area (Å²) >= 11 is 0. The molecule has 0 bridgehead atoms. The molecule has 0 heterocycles. The summed E-state index contributed by atoms with van der Waals surface area (Å²) in [5, 5.41) is 0. The van der Waals surface area contributed by atoms with Crippen LogP contribution in [0.1, 0.15) is 78.6 Å². The molecule has 1 unspecified atom stereocenters. The molecule has 0 radical (unpaired) electrons. The Bertz CT molecular complexity index is 538. The van der Waals surface area contributed by atoms with E-state index < -0.39 is 0 Å². The summed E-state index contributed by atoms with van der Waals surface area (Å²) in [6.07, 6.45) is 9.62. The zero-order valence-corrected chi connectivity index (χ0v) is 15.1. The van der Waals surface area contributed by atoms with E-state index in [2.05, 4.69) is 20.8 Å². The van der Waals surface area contributed by atoms with Crippen LogP contribution in [0.3, 0.4) is 0 Å². The van der Waals surface area contributed by atoms with E-state index in [1.165, 1.54) is 25.7 Å². The molecule has 4 aliphatic rings. The minimum atomic E-state index is 0.265. The van der Waals surface area contributed by atoms with Crippen molar-refractivity contribution < 1.29 is 9.59 Å². The van der Waals surface area contributed by atoms with Crippen LogP contribution in [0.4, 0.5) is 0 Å². The maximum atomic E-state index is 12.6. The van der Waals surface area contributed by atoms with Gasteiger partial charge >= 0.3 is 0 Å². The molecular formula is C21H32O2. The van der Waals surface area contributed by atoms with Gasteiger partial charge in [-0.05, 0) is 73.0 Å². The Morgan fingerprint density at radius 3 is 2.48 bits per heavy atom. The fraction of sp³-hybridized carbons (Fsp3) is 0.905. The highest BCUT2D eigenvalue weighted by Gasteiger charge is 2.61. The molecule has 0 amide bonds. The van der Waals surface area contributed by atoms with Crippen LogP contribution >= 0.6 is 0 Å². The Hall–Kier alpha value is -0.660. The molecule has 4 fully saturated rings. The van der Waals surface area contributed by atoms with Crippen LogP contribution in [-0.2, 0) is 9.59 Å². The van der Waals surface area contributed by atoms with Crippen LogP contribution in [-0.4, -0.2) is 11.6 Å². The molecule has 4 rings (SSSR count). The molecule has 0 aromatic heterocycles. The van der Waals surface area contributed by atoms with E-state index in [1.54, 1.807) is 0 Å². The Labute approximate surface area is 140 Å². The van der Waals surface area contributed by atoms with Gasteiger partial charge in [-0.25, -0.2) is 0 Å². The Balaban J connectivity index is 1.65. The predicted octanol–water partition coefficient (Wildman–Crippen LogP) is 4.80. The molecule has 0 saturated heterocycles. The van der Waals surface area contributed by atoms with Crippen molar-refractivity contribution in [1.29, 1.82) is 0 Å². The van der Waals surface area contributed by atoms with Gasteiger partial charge in [-0.3, -0.25) is 9.59 Å². The van der Waals surface area contributed by atoms with E-state index in [1.807, 2.05) is 0 Å². The first-order valence-electron chi connectivity index (χ1n) is 9.94. The van der Waals surface area contributed by atoms with Gasteiger partial charge in [0.1, 0.15) is 11.6 Å². The zero-order valence-electron chi connectivity index (χ0n) is 15.1. The summed E-state index contributed by atoms with van der Waals surface area (Å²) in [6, 6.07) is 0. The van der Waals surface area contributed by atoms with Crippen LogP contribution in [0.25, 0.3) is 0 Å². The molecule has 0 N–H and O–H groups in total. The Morgan fingerprint density at radius 2 is 1.74 bits per heavy atom. The summed E-state index contributed by atoms with van der Waals surface area (Å²) in [6.45, 7) is 7.11. The van der Waals surface area contributed by atoms with E-state index >= 15 is 0 Å². The van der Waals surface area contributed by atoms with Gasteiger partial charge in [-0.2, -0.15) is 0 Å². The molecule has 0 aromatic rings. The van der Waals surface area contributed by atoms with E-state index in [4.69, 9.17) is 0 Å². The highest BCUT2D eigenvalue weighted by atomic mass is 16.1. The van der Waals surface area contributed by atoms with Crippen LogP contribution in [0, 0.1) is 40.4 Å². The second-order valence-corrected chi connectivity index (χ2v) is 9.58. The third-order valence-corrected chi connectivity index (χ3v) is 8.93. The van der Waals surface area contributed by atoms with Gasteiger partial charge in [0.05, 0.1) is 0 Å². The van der Waals surface area contributed by atoms with Crippen LogP contribution in [0.5, 0.6) is 0 Å². The van der Waals surface area contributed by atoms with Crippen molar-refractivity contribution in [3.8, 4) is 0 Å². The van der Waals surface area contributed by atoms with E-state index in [0.717, 1.165) is 43.9 Å². The second kappa shape index (κ2) is 5.17. The van der Waals surface area contributed by atoms with Gasteiger partial charge in [0, 0.05) is 25.2 Å². The highest BCUT2D eigenvalue weighted by Crippen LogP contribution is 2.66. The van der Waals surface area contributed by atoms with Gasteiger partial charge in [-0.15, -0.1) is 0 Å². The molecule has 4 saturated carbocycles. The minimum absolute atomic E-state index is 0.265. The number of carbonyl (C=O) groups excluding carboxylic acids is 2. The lowest BCUT2D eigenvalue weighted by atomic mass is 9.45. The van der Waals surface area contributed by atoms with E-state index in [0.29, 0.717) is 34.7 Å². The molecule has 2 heteroatoms. The summed E-state index contributed by atoms with van der Waals surface area (Å²) in [5.41, 5.74) is 0.631. The summed E-state index contributed by atoms with van der Waals surface area (Å²) in [4.78, 5) is 24.5. The lowest BCUT2D eigenvalue weighted by Crippen LogP contribution is -2.53. The average molecular weight is 316 g/mol. The van der Waals surface area contributed by atoms with Crippen molar-refractivity contribution in [2.45, 2.75) is 78.6 Å². The Morgan fingerprint density at radius 1 is 0.957 bits per heavy atom. The topological polar surface area (TPSA) is 34.1 Å². The smallest absolute Gasteiger partial charge is 0.136 e. The number of Topliss-reactive ketones (excluding diaryl/α,β-unsaturated/α-hetero) is 2. The first-order valence-corrected chi connectivity index (χ1v) is 9.94. The molecule has 0 spiro atoms. The van der Waals surface area contributed by atoms with Gasteiger partial charge < -0.3 is 0 Å². The molecular weight excluding hydrogens is 284 g/mol. The minimum Gasteiger partial charge on any atom is -0.300 e. The number of hydrogen-bond donors (Lipinski definition) is 0. The maximum Gasteiger partial charge on any atom is 0.136 e. The van der Waals surface area contributed by atoms with Crippen molar-refractivity contribution in [2.75, 3.05) is 0 Å². The molecule has 0 aliphatic heterocycles. The maximum absolute atomic E-state index is 12.6. The lowest BCUT2D eigenvalue weighted by Gasteiger charge is -2.60. The van der Waals surface area contributed by atoms with Crippen molar-refractivity contribution in [1.82, 2.24) is 0 Å². The lowest BCUT2D eigenvalue weighted by molar-refractivity contribution is -0.139. The summed E-state index contributed by atoms with van der Waals surface area (Å²) in [7, 11) is 0. The van der Waals surface area contributed by atoms with Crippen LogP contribution in [0.2, 0.25) is 0 Å². The highest BCUT2D eigenvalue weighted by molar-refractivity contribution is 5.85. The fourth-order valence-electron chi connectivity index (χ4n) is 7.63. The van der Waals surface area contributed by atoms with Crippen LogP contribution < -0.4 is 0 Å². The second-order valence-electron chi connectivity index (χ2n) is 9.58.